The van der Waals surface area contributed by atoms with E-state index in [1.165, 1.54) is 5.56 Å². The van der Waals surface area contributed by atoms with Crippen LogP contribution in [0.3, 0.4) is 0 Å². The maximum atomic E-state index is 10.8. The van der Waals surface area contributed by atoms with Gasteiger partial charge in [0.05, 0.1) is 93.2 Å². The number of aromatic nitrogens is 6. The molecule has 0 saturated carbocycles. The Balaban J connectivity index is 0.000000184. The molecule has 100 heavy (non-hydrogen) atoms. The minimum atomic E-state index is 0. The summed E-state index contributed by atoms with van der Waals surface area (Å²) in [7, 11) is 3.33. The molecule has 6 aromatic carbocycles. The van der Waals surface area contributed by atoms with Crippen molar-refractivity contribution in [2.24, 2.45) is 5.73 Å². The number of rotatable bonds is 24. The van der Waals surface area contributed by atoms with E-state index in [0.29, 0.717) is 130 Å². The molecular weight excluding hydrogens is 1260 g/mol. The van der Waals surface area contributed by atoms with E-state index in [2.05, 4.69) is 77.4 Å². The number of carbonyl (C=O) groups is 1. The number of nitrogens with one attached hydrogen (secondary N) is 1. The molecule has 21 heteroatoms. The van der Waals surface area contributed by atoms with Crippen molar-refractivity contribution < 1.29 is 47.8 Å². The number of aliphatic hydroxyl groups excluding tert-OH is 1. The first-order valence-electron chi connectivity index (χ1n) is 33.2. The van der Waals surface area contributed by atoms with Crippen LogP contribution in [-0.4, -0.2) is 140 Å². The number of nitrogens with two attached hydrogens (primary N) is 1. The Morgan fingerprint density at radius 3 is 1.14 bits per heavy atom. The molecule has 3 aromatic heterocycles. The lowest BCUT2D eigenvalue weighted by Gasteiger charge is -2.23. The fraction of sp³-hybridized carbons (Fsp3) is 0.342. The summed E-state index contributed by atoms with van der Waals surface area (Å²) in [6, 6.07) is 52.6. The topological polar surface area (TPSA) is 298 Å². The van der Waals surface area contributed by atoms with Crippen LogP contribution in [0.15, 0.2) is 164 Å². The predicted molar refractivity (Wildman–Crippen MR) is 380 cm³/mol. The zero-order valence-corrected chi connectivity index (χ0v) is 56.0. The molecule has 518 valence electrons. The Labute approximate surface area is 585 Å². The van der Waals surface area contributed by atoms with Crippen LogP contribution in [0, 0.1) is 34.0 Å². The number of nitrogens with zero attached hydrogens (tertiary/aromatic N) is 9. The van der Waals surface area contributed by atoms with Gasteiger partial charge in [-0.05, 0) is 101 Å². The van der Waals surface area contributed by atoms with Crippen molar-refractivity contribution in [3.63, 3.8) is 0 Å². The van der Waals surface area contributed by atoms with Gasteiger partial charge in [-0.25, -0.2) is 29.9 Å². The molecule has 0 aliphatic carbocycles. The van der Waals surface area contributed by atoms with E-state index in [9.17, 15) is 25.7 Å². The third-order valence-corrected chi connectivity index (χ3v) is 16.3. The number of aldehydes is 1. The molecule has 0 atom stereocenters. The van der Waals surface area contributed by atoms with Crippen LogP contribution in [0.25, 0.3) is 33.8 Å². The fourth-order valence-corrected chi connectivity index (χ4v) is 10.8. The van der Waals surface area contributed by atoms with Crippen LogP contribution >= 0.6 is 0 Å². The lowest BCUT2D eigenvalue weighted by atomic mass is 10.1. The number of nitriles is 3. The van der Waals surface area contributed by atoms with Crippen molar-refractivity contribution in [3.8, 4) is 69.2 Å². The quantitative estimate of drug-likeness (QED) is 0.0374. The predicted octanol–water partition coefficient (Wildman–Crippen LogP) is 11.8. The average molecular weight is 1350 g/mol. The highest BCUT2D eigenvalue weighted by Crippen LogP contribution is 2.31. The van der Waals surface area contributed by atoms with Gasteiger partial charge in [0.15, 0.2) is 0 Å². The van der Waals surface area contributed by atoms with Crippen LogP contribution in [0.1, 0.15) is 118 Å². The second-order valence-corrected chi connectivity index (χ2v) is 23.5. The van der Waals surface area contributed by atoms with Crippen LogP contribution < -0.4 is 25.3 Å². The highest BCUT2D eigenvalue weighted by atomic mass is 16.5. The molecule has 0 radical (unpaired) electrons. The lowest BCUT2D eigenvalue weighted by Crippen LogP contribution is -2.26. The van der Waals surface area contributed by atoms with Crippen molar-refractivity contribution in [2.45, 2.75) is 96.7 Å². The van der Waals surface area contributed by atoms with E-state index >= 15 is 0 Å². The van der Waals surface area contributed by atoms with Crippen LogP contribution in [0.2, 0.25) is 0 Å². The van der Waals surface area contributed by atoms with E-state index < -0.39 is 0 Å². The molecule has 0 unspecified atom stereocenters. The standard InChI is InChI=1S/C27H30N4O3.C24H23N3O3.C24H21N3O3.C3H9NO.CH4/c1-32-15-12-29-19-21-4-2-20(3-5-21)16-27-30-11-8-25(31-27)22-6-7-26(23(17-22)18-28)34-24-9-13-33-14-10-24;2*25-15-20-14-19(5-6-23(20)30-21-8-11-29-12-9-21)22-7-10-26-24(27-22)13-17-1-3-18(16-28)4-2-17;1-5-3-2-4;/h2-8,11,17,24,29H,9-10,12-16,19H2,1H3;1-7,10,14,21,28H,8-9,11-13,16H2;1-7,10,14,16,21H,8-9,11-13H2;2-4H2,1H3;1H4. The van der Waals surface area contributed by atoms with Crippen molar-refractivity contribution >= 4 is 6.29 Å². The van der Waals surface area contributed by atoms with Gasteiger partial charge in [-0.2, -0.15) is 15.8 Å². The summed E-state index contributed by atoms with van der Waals surface area (Å²) in [5, 5.41) is 41.4. The zero-order valence-electron chi connectivity index (χ0n) is 56.0. The molecule has 6 heterocycles. The minimum absolute atomic E-state index is 0. The molecule has 0 amide bonds. The van der Waals surface area contributed by atoms with Crippen LogP contribution in [0.5, 0.6) is 17.2 Å². The largest absolute Gasteiger partial charge is 0.489 e. The third-order valence-electron chi connectivity index (χ3n) is 16.3. The summed E-state index contributed by atoms with van der Waals surface area (Å²) in [6.45, 7) is 7.81. The summed E-state index contributed by atoms with van der Waals surface area (Å²) in [5.74, 6) is 3.93. The number of hydrogen-bond donors (Lipinski definition) is 3. The maximum absolute atomic E-state index is 10.8. The Morgan fingerprint density at radius 2 is 0.830 bits per heavy atom. The molecule has 3 aliphatic heterocycles. The first-order chi connectivity index (χ1) is 48.7. The molecular formula is C79H87N11O10. The van der Waals surface area contributed by atoms with Gasteiger partial charge in [0.25, 0.3) is 0 Å². The number of ether oxygens (including phenoxy) is 8. The lowest BCUT2D eigenvalue weighted by molar-refractivity contribution is 0.0252. The highest BCUT2D eigenvalue weighted by Gasteiger charge is 2.21. The molecule has 0 bridgehead atoms. The summed E-state index contributed by atoms with van der Waals surface area (Å²) in [4.78, 5) is 38.1. The van der Waals surface area contributed by atoms with Crippen molar-refractivity contribution in [1.29, 1.82) is 15.8 Å². The third kappa shape index (κ3) is 23.8. The van der Waals surface area contributed by atoms with Crippen molar-refractivity contribution in [3.05, 3.63) is 232 Å². The second-order valence-electron chi connectivity index (χ2n) is 23.5. The Kier molecular flexibility index (Phi) is 31.2. The average Bonchev–Trinajstić information content (AvgIpc) is 0.834. The van der Waals surface area contributed by atoms with Gasteiger partial charge in [-0.1, -0.05) is 80.2 Å². The number of aliphatic hydroxyl groups is 1. The van der Waals surface area contributed by atoms with Gasteiger partial charge in [0.2, 0.25) is 0 Å². The molecule has 4 N–H and O–H groups in total. The first kappa shape index (κ1) is 75.6. The summed E-state index contributed by atoms with van der Waals surface area (Å²) >= 11 is 0. The second kappa shape index (κ2) is 41.2. The summed E-state index contributed by atoms with van der Waals surface area (Å²) < 4.78 is 43.9. The van der Waals surface area contributed by atoms with Gasteiger partial charge in [0, 0.05) is 132 Å². The summed E-state index contributed by atoms with van der Waals surface area (Å²) in [6.07, 6.45) is 13.1. The highest BCUT2D eigenvalue weighted by molar-refractivity contribution is 5.74. The van der Waals surface area contributed by atoms with Crippen molar-refractivity contribution in [1.82, 2.24) is 35.2 Å². The fourth-order valence-electron chi connectivity index (χ4n) is 10.8. The van der Waals surface area contributed by atoms with Crippen molar-refractivity contribution in [2.75, 3.05) is 80.2 Å². The molecule has 3 aliphatic rings. The normalized spacial score (nSPS) is 13.7. The molecule has 3 saturated heterocycles. The van der Waals surface area contributed by atoms with Gasteiger partial charge in [-0.3, -0.25) is 4.79 Å². The van der Waals surface area contributed by atoms with E-state index in [1.807, 2.05) is 103 Å². The maximum Gasteiger partial charge on any atom is 0.150 e. The molecule has 21 nitrogen and oxygen atoms in total. The first-order valence-corrected chi connectivity index (χ1v) is 33.2. The SMILES string of the molecule is C.COCCN.COCCNCc1ccc(Cc2nccc(-c3ccc(OC4CCOCC4)c(C#N)c3)n2)cc1.N#Cc1cc(-c2ccnc(Cc3ccc(C=O)cc3)n2)ccc1OC1CCOCC1.N#Cc1cc(-c2ccnc(Cc3ccc(CO)cc3)n2)ccc1OC1CCOCC1. The van der Waals surface area contributed by atoms with Crippen LogP contribution in [-0.2, 0) is 56.1 Å². The Hall–Kier alpha value is -10.2. The molecule has 9 aromatic rings. The number of hydrogen-bond acceptors (Lipinski definition) is 21. The Morgan fingerprint density at radius 1 is 0.490 bits per heavy atom. The molecule has 12 rings (SSSR count). The van der Waals surface area contributed by atoms with E-state index in [1.54, 1.807) is 51.0 Å². The molecule has 0 spiro atoms. The number of methoxy groups -OCH3 is 2. The van der Waals surface area contributed by atoms with Gasteiger partial charge in [-0.15, -0.1) is 0 Å². The number of benzene rings is 6. The van der Waals surface area contributed by atoms with E-state index in [-0.39, 0.29) is 32.3 Å². The minimum Gasteiger partial charge on any atom is -0.489 e. The Bertz CT molecular complexity index is 4100. The summed E-state index contributed by atoms with van der Waals surface area (Å²) in [5.41, 5.74) is 17.4. The van der Waals surface area contributed by atoms with E-state index in [0.717, 1.165) is 120 Å². The van der Waals surface area contributed by atoms with Gasteiger partial charge in [0.1, 0.15) is 77.5 Å². The van der Waals surface area contributed by atoms with E-state index in [4.69, 9.17) is 43.9 Å². The smallest absolute Gasteiger partial charge is 0.150 e. The van der Waals surface area contributed by atoms with Gasteiger partial charge < -0.3 is 54.1 Å². The monoisotopic (exact) mass is 1350 g/mol. The van der Waals surface area contributed by atoms with Gasteiger partial charge >= 0.3 is 0 Å². The van der Waals surface area contributed by atoms with Crippen LogP contribution in [0.4, 0.5) is 0 Å². The number of carbonyl (C=O) groups excluding carboxylic acids is 1. The molecule has 3 fully saturated rings. The zero-order chi connectivity index (χ0) is 69.2.